The van der Waals surface area contributed by atoms with Gasteiger partial charge in [-0.1, -0.05) is 12.1 Å². The van der Waals surface area contributed by atoms with Crippen LogP contribution in [-0.2, 0) is 0 Å². The second kappa shape index (κ2) is 6.72. The molecule has 3 heteroatoms. The van der Waals surface area contributed by atoms with E-state index in [1.807, 2.05) is 6.07 Å². The van der Waals surface area contributed by atoms with Crippen LogP contribution < -0.4 is 5.32 Å². The highest BCUT2D eigenvalue weighted by molar-refractivity contribution is 5.19. The summed E-state index contributed by atoms with van der Waals surface area (Å²) in [4.78, 5) is 2.28. The van der Waals surface area contributed by atoms with Crippen LogP contribution in [0.15, 0.2) is 24.3 Å². The van der Waals surface area contributed by atoms with Crippen molar-refractivity contribution in [2.45, 2.75) is 32.9 Å². The highest BCUT2D eigenvalue weighted by atomic mass is 19.1. The number of rotatable bonds is 6. The molecule has 1 N–H and O–H groups in total. The Morgan fingerprint density at radius 3 is 2.59 bits per heavy atom. The van der Waals surface area contributed by atoms with Gasteiger partial charge < -0.3 is 10.2 Å². The average Bonchev–Trinajstić information content (AvgIpc) is 2.28. The van der Waals surface area contributed by atoms with Crippen molar-refractivity contribution in [3.05, 3.63) is 35.6 Å². The van der Waals surface area contributed by atoms with Crippen molar-refractivity contribution >= 4 is 0 Å². The maximum Gasteiger partial charge on any atom is 0.123 e. The molecule has 2 nitrogen and oxygen atoms in total. The van der Waals surface area contributed by atoms with E-state index < -0.39 is 0 Å². The van der Waals surface area contributed by atoms with Crippen molar-refractivity contribution in [2.24, 2.45) is 0 Å². The van der Waals surface area contributed by atoms with E-state index in [4.69, 9.17) is 0 Å². The summed E-state index contributed by atoms with van der Waals surface area (Å²) in [5.41, 5.74) is 0.997. The lowest BCUT2D eigenvalue weighted by molar-refractivity contribution is 0.270. The van der Waals surface area contributed by atoms with E-state index >= 15 is 0 Å². The lowest BCUT2D eigenvalue weighted by Crippen LogP contribution is -2.34. The van der Waals surface area contributed by atoms with E-state index in [-0.39, 0.29) is 11.9 Å². The standard InChI is InChI=1S/C14H23FN2/c1-11(2)17(4)9-8-16-12(3)13-6-5-7-14(15)10-13/h5-7,10-12,16H,8-9H2,1-4H3. The topological polar surface area (TPSA) is 15.3 Å². The Kier molecular flexibility index (Phi) is 5.59. The van der Waals surface area contributed by atoms with Gasteiger partial charge in [0.15, 0.2) is 0 Å². The highest BCUT2D eigenvalue weighted by Gasteiger charge is 2.07. The molecular formula is C14H23FN2. The summed E-state index contributed by atoms with van der Waals surface area (Å²) in [6, 6.07) is 7.51. The molecule has 0 saturated heterocycles. The molecule has 0 amide bonds. The molecule has 0 saturated carbocycles. The Morgan fingerprint density at radius 2 is 2.00 bits per heavy atom. The summed E-state index contributed by atoms with van der Waals surface area (Å²) in [5.74, 6) is -0.171. The Labute approximate surface area is 104 Å². The third-order valence-electron chi connectivity index (χ3n) is 3.15. The van der Waals surface area contributed by atoms with Gasteiger partial charge in [-0.15, -0.1) is 0 Å². The van der Waals surface area contributed by atoms with Crippen LogP contribution in [0.3, 0.4) is 0 Å². The molecule has 0 heterocycles. The van der Waals surface area contributed by atoms with Crippen LogP contribution in [0.1, 0.15) is 32.4 Å². The molecule has 0 aliphatic carbocycles. The predicted molar refractivity (Wildman–Crippen MR) is 70.6 cm³/mol. The first-order valence-corrected chi connectivity index (χ1v) is 6.19. The third kappa shape index (κ3) is 4.84. The predicted octanol–water partition coefficient (Wildman–Crippen LogP) is 2.82. The van der Waals surface area contributed by atoms with E-state index in [1.165, 1.54) is 6.07 Å². The van der Waals surface area contributed by atoms with Crippen LogP contribution in [0.5, 0.6) is 0 Å². The van der Waals surface area contributed by atoms with Crippen molar-refractivity contribution in [2.75, 3.05) is 20.1 Å². The molecule has 0 aliphatic rings. The Balaban J connectivity index is 2.37. The van der Waals surface area contributed by atoms with Gasteiger partial charge >= 0.3 is 0 Å². The number of hydrogen-bond acceptors (Lipinski definition) is 2. The van der Waals surface area contributed by atoms with Gasteiger partial charge in [-0.2, -0.15) is 0 Å². The molecule has 0 bridgehead atoms. The first kappa shape index (κ1) is 14.1. The maximum atomic E-state index is 13.0. The highest BCUT2D eigenvalue weighted by Crippen LogP contribution is 2.12. The maximum absolute atomic E-state index is 13.0. The monoisotopic (exact) mass is 238 g/mol. The van der Waals surface area contributed by atoms with Gasteiger partial charge in [-0.05, 0) is 45.5 Å². The SMILES string of the molecule is CC(NCCN(C)C(C)C)c1cccc(F)c1. The molecule has 0 spiro atoms. The van der Waals surface area contributed by atoms with E-state index in [2.05, 4.69) is 38.0 Å². The van der Waals surface area contributed by atoms with Crippen LogP contribution in [-0.4, -0.2) is 31.1 Å². The van der Waals surface area contributed by atoms with Crippen molar-refractivity contribution in [3.8, 4) is 0 Å². The Hall–Kier alpha value is -0.930. The molecule has 0 aromatic heterocycles. The summed E-state index contributed by atoms with van der Waals surface area (Å²) < 4.78 is 13.0. The lowest BCUT2D eigenvalue weighted by atomic mass is 10.1. The van der Waals surface area contributed by atoms with Gasteiger partial charge in [-0.25, -0.2) is 4.39 Å². The molecular weight excluding hydrogens is 215 g/mol. The summed E-state index contributed by atoms with van der Waals surface area (Å²) in [6.07, 6.45) is 0. The van der Waals surface area contributed by atoms with Gasteiger partial charge in [0.1, 0.15) is 5.82 Å². The van der Waals surface area contributed by atoms with E-state index in [0.29, 0.717) is 6.04 Å². The molecule has 1 unspecified atom stereocenters. The second-order valence-corrected chi connectivity index (χ2v) is 4.81. The number of halogens is 1. The molecule has 1 atom stereocenters. The Morgan fingerprint density at radius 1 is 1.29 bits per heavy atom. The van der Waals surface area contributed by atoms with Crippen molar-refractivity contribution in [1.82, 2.24) is 10.2 Å². The summed E-state index contributed by atoms with van der Waals surface area (Å²) in [7, 11) is 2.11. The van der Waals surface area contributed by atoms with Crippen LogP contribution in [0, 0.1) is 5.82 Å². The first-order chi connectivity index (χ1) is 8.00. The van der Waals surface area contributed by atoms with Gasteiger partial charge in [0.05, 0.1) is 0 Å². The van der Waals surface area contributed by atoms with Crippen molar-refractivity contribution in [1.29, 1.82) is 0 Å². The van der Waals surface area contributed by atoms with Crippen LogP contribution >= 0.6 is 0 Å². The van der Waals surface area contributed by atoms with E-state index in [1.54, 1.807) is 12.1 Å². The molecule has 0 radical (unpaired) electrons. The molecule has 1 aromatic carbocycles. The summed E-state index contributed by atoms with van der Waals surface area (Å²) >= 11 is 0. The van der Waals surface area contributed by atoms with Gasteiger partial charge in [0.2, 0.25) is 0 Å². The molecule has 0 aliphatic heterocycles. The van der Waals surface area contributed by atoms with E-state index in [0.717, 1.165) is 18.7 Å². The third-order valence-corrected chi connectivity index (χ3v) is 3.15. The molecule has 1 aromatic rings. The Bertz CT molecular complexity index is 339. The summed E-state index contributed by atoms with van der Waals surface area (Å²) in [5, 5.41) is 3.40. The van der Waals surface area contributed by atoms with Crippen LogP contribution in [0.2, 0.25) is 0 Å². The first-order valence-electron chi connectivity index (χ1n) is 6.19. The largest absolute Gasteiger partial charge is 0.309 e. The quantitative estimate of drug-likeness (QED) is 0.820. The van der Waals surface area contributed by atoms with Gasteiger partial charge in [-0.3, -0.25) is 0 Å². The minimum Gasteiger partial charge on any atom is -0.309 e. The fraction of sp³-hybridized carbons (Fsp3) is 0.571. The number of nitrogens with one attached hydrogen (secondary N) is 1. The minimum absolute atomic E-state index is 0.171. The number of hydrogen-bond donors (Lipinski definition) is 1. The zero-order chi connectivity index (χ0) is 12.8. The zero-order valence-electron chi connectivity index (χ0n) is 11.2. The van der Waals surface area contributed by atoms with Gasteiger partial charge in [0.25, 0.3) is 0 Å². The molecule has 17 heavy (non-hydrogen) atoms. The molecule has 96 valence electrons. The normalized spacial score (nSPS) is 13.4. The average molecular weight is 238 g/mol. The van der Waals surface area contributed by atoms with Crippen molar-refractivity contribution in [3.63, 3.8) is 0 Å². The van der Waals surface area contributed by atoms with Crippen LogP contribution in [0.25, 0.3) is 0 Å². The fourth-order valence-corrected chi connectivity index (χ4v) is 1.61. The summed E-state index contributed by atoms with van der Waals surface area (Å²) in [6.45, 7) is 8.32. The second-order valence-electron chi connectivity index (χ2n) is 4.81. The number of nitrogens with zero attached hydrogens (tertiary/aromatic N) is 1. The van der Waals surface area contributed by atoms with Crippen LogP contribution in [0.4, 0.5) is 4.39 Å². The number of benzene rings is 1. The molecule has 0 fully saturated rings. The number of likely N-dealkylation sites (N-methyl/N-ethyl adjacent to an activating group) is 1. The lowest BCUT2D eigenvalue weighted by Gasteiger charge is -2.22. The fourth-order valence-electron chi connectivity index (χ4n) is 1.61. The smallest absolute Gasteiger partial charge is 0.123 e. The zero-order valence-corrected chi connectivity index (χ0v) is 11.2. The van der Waals surface area contributed by atoms with E-state index in [9.17, 15) is 4.39 Å². The minimum atomic E-state index is -0.171. The van der Waals surface area contributed by atoms with Crippen molar-refractivity contribution < 1.29 is 4.39 Å². The molecule has 1 rings (SSSR count). The van der Waals surface area contributed by atoms with Gasteiger partial charge in [0, 0.05) is 25.2 Å².